The van der Waals surface area contributed by atoms with Gasteiger partial charge in [-0.1, -0.05) is 39.1 Å². The maximum Gasteiger partial charge on any atom is 0.343 e. The predicted molar refractivity (Wildman–Crippen MR) is 130 cm³/mol. The average molecular weight is 552 g/mol. The molecule has 0 unspecified atom stereocenters. The van der Waals surface area contributed by atoms with Crippen LogP contribution in [-0.4, -0.2) is 31.8 Å². The van der Waals surface area contributed by atoms with Gasteiger partial charge in [0.15, 0.2) is 6.61 Å². The Balaban J connectivity index is 1.62. The van der Waals surface area contributed by atoms with E-state index in [-0.39, 0.29) is 17.4 Å². The van der Waals surface area contributed by atoms with Crippen LogP contribution in [-0.2, 0) is 4.79 Å². The van der Waals surface area contributed by atoms with Crippen molar-refractivity contribution in [3.8, 4) is 17.2 Å². The van der Waals surface area contributed by atoms with Gasteiger partial charge in [0.2, 0.25) is 0 Å². The molecule has 1 N–H and O–H groups in total. The lowest BCUT2D eigenvalue weighted by atomic mass is 10.2. The number of carbonyl (C=O) groups excluding carboxylic acids is 2. The second-order valence-electron chi connectivity index (χ2n) is 6.46. The quantitative estimate of drug-likeness (QED) is 0.172. The van der Waals surface area contributed by atoms with Crippen molar-refractivity contribution in [3.63, 3.8) is 0 Å². The summed E-state index contributed by atoms with van der Waals surface area (Å²) in [6, 6.07) is 16.2. The Morgan fingerprint density at radius 1 is 1.03 bits per heavy atom. The van der Waals surface area contributed by atoms with E-state index in [4.69, 9.17) is 37.4 Å². The molecule has 0 aromatic heterocycles. The smallest absolute Gasteiger partial charge is 0.343 e. The Labute approximate surface area is 208 Å². The summed E-state index contributed by atoms with van der Waals surface area (Å²) in [7, 11) is 1.54. The number of hydrogen-bond donors (Lipinski definition) is 1. The number of hydrogen-bond acceptors (Lipinski definition) is 6. The number of amides is 1. The third kappa shape index (κ3) is 7.21. The molecule has 3 aromatic rings. The van der Waals surface area contributed by atoms with Crippen molar-refractivity contribution in [2.75, 3.05) is 13.7 Å². The molecule has 7 nitrogen and oxygen atoms in total. The molecule has 0 spiro atoms. The molecule has 0 atom stereocenters. The zero-order chi connectivity index (χ0) is 23.8. The monoisotopic (exact) mass is 550 g/mol. The number of nitrogens with one attached hydrogen (secondary N) is 1. The van der Waals surface area contributed by atoms with Crippen molar-refractivity contribution in [1.29, 1.82) is 0 Å². The number of ether oxygens (including phenoxy) is 3. The molecule has 0 saturated heterocycles. The summed E-state index contributed by atoms with van der Waals surface area (Å²) >= 11 is 15.2. The van der Waals surface area contributed by atoms with Crippen molar-refractivity contribution in [2.45, 2.75) is 0 Å². The second kappa shape index (κ2) is 11.7. The van der Waals surface area contributed by atoms with Crippen molar-refractivity contribution < 1.29 is 23.8 Å². The Hall–Kier alpha value is -3.07. The molecule has 170 valence electrons. The van der Waals surface area contributed by atoms with Crippen molar-refractivity contribution in [1.82, 2.24) is 5.43 Å². The molecule has 3 aromatic carbocycles. The molecular weight excluding hydrogens is 535 g/mol. The number of halogens is 3. The fourth-order valence-corrected chi connectivity index (χ4v) is 3.38. The molecule has 1 amide bonds. The van der Waals surface area contributed by atoms with E-state index < -0.39 is 11.9 Å². The first-order chi connectivity index (χ1) is 15.9. The van der Waals surface area contributed by atoms with Gasteiger partial charge in [-0.2, -0.15) is 5.10 Å². The SMILES string of the molecule is COc1ccc(C(=O)Oc2ccc(Br)cc2C=NNC(=O)COc2ccc(Cl)cc2Cl)cc1. The van der Waals surface area contributed by atoms with Crippen LogP contribution in [0.2, 0.25) is 10.0 Å². The molecule has 3 rings (SSSR count). The molecular formula is C23H17BrCl2N2O5. The van der Waals surface area contributed by atoms with Crippen LogP contribution < -0.4 is 19.6 Å². The standard InChI is InChI=1S/C23H17BrCl2N2O5/c1-31-18-6-2-14(3-7-18)23(30)33-20-8-4-16(24)10-15(20)12-27-28-22(29)13-32-21-9-5-17(25)11-19(21)26/h2-12H,13H2,1H3,(H,28,29). The number of hydrazone groups is 1. The van der Waals surface area contributed by atoms with Crippen molar-refractivity contribution in [3.05, 3.63) is 86.3 Å². The third-order valence-electron chi connectivity index (χ3n) is 4.15. The van der Waals surface area contributed by atoms with Gasteiger partial charge < -0.3 is 14.2 Å². The summed E-state index contributed by atoms with van der Waals surface area (Å²) in [5, 5.41) is 4.65. The molecule has 0 aliphatic rings. The predicted octanol–water partition coefficient (Wildman–Crippen LogP) is 5.51. The first-order valence-electron chi connectivity index (χ1n) is 9.41. The van der Waals surface area contributed by atoms with Gasteiger partial charge in [0.1, 0.15) is 17.2 Å². The molecule has 0 aliphatic heterocycles. The molecule has 33 heavy (non-hydrogen) atoms. The van der Waals surface area contributed by atoms with Crippen LogP contribution in [0, 0.1) is 0 Å². The largest absolute Gasteiger partial charge is 0.497 e. The van der Waals surface area contributed by atoms with E-state index >= 15 is 0 Å². The van der Waals surface area contributed by atoms with Crippen LogP contribution in [0.4, 0.5) is 0 Å². The zero-order valence-corrected chi connectivity index (χ0v) is 20.3. The molecule has 0 bridgehead atoms. The maximum absolute atomic E-state index is 12.5. The number of benzene rings is 3. The van der Waals surface area contributed by atoms with E-state index in [2.05, 4.69) is 26.5 Å². The second-order valence-corrected chi connectivity index (χ2v) is 8.22. The maximum atomic E-state index is 12.5. The van der Waals surface area contributed by atoms with Crippen LogP contribution >= 0.6 is 39.1 Å². The topological polar surface area (TPSA) is 86.2 Å². The van der Waals surface area contributed by atoms with Gasteiger partial charge in [0.25, 0.3) is 5.91 Å². The molecule has 0 fully saturated rings. The van der Waals surface area contributed by atoms with Gasteiger partial charge in [-0.15, -0.1) is 0 Å². The lowest BCUT2D eigenvalue weighted by Crippen LogP contribution is -2.24. The molecule has 0 heterocycles. The van der Waals surface area contributed by atoms with E-state index in [9.17, 15) is 9.59 Å². The fourth-order valence-electron chi connectivity index (χ4n) is 2.54. The minimum Gasteiger partial charge on any atom is -0.497 e. The highest BCUT2D eigenvalue weighted by Gasteiger charge is 2.12. The molecule has 10 heteroatoms. The van der Waals surface area contributed by atoms with Gasteiger partial charge in [-0.05, 0) is 60.7 Å². The lowest BCUT2D eigenvalue weighted by molar-refractivity contribution is -0.123. The lowest BCUT2D eigenvalue weighted by Gasteiger charge is -2.09. The van der Waals surface area contributed by atoms with Gasteiger partial charge in [0.05, 0.1) is 23.9 Å². The summed E-state index contributed by atoms with van der Waals surface area (Å²) in [4.78, 5) is 24.5. The highest BCUT2D eigenvalue weighted by molar-refractivity contribution is 9.10. The number of carbonyl (C=O) groups is 2. The van der Waals surface area contributed by atoms with Crippen molar-refractivity contribution in [2.24, 2.45) is 5.10 Å². The highest BCUT2D eigenvalue weighted by Crippen LogP contribution is 2.27. The number of rotatable bonds is 8. The Kier molecular flexibility index (Phi) is 8.71. The Morgan fingerprint density at radius 2 is 1.76 bits per heavy atom. The van der Waals surface area contributed by atoms with E-state index in [0.717, 1.165) is 4.47 Å². The number of methoxy groups -OCH3 is 1. The van der Waals surface area contributed by atoms with Crippen LogP contribution in [0.1, 0.15) is 15.9 Å². The van der Waals surface area contributed by atoms with E-state index in [1.165, 1.54) is 12.3 Å². The molecule has 0 radical (unpaired) electrons. The molecule has 0 aliphatic carbocycles. The normalized spacial score (nSPS) is 10.7. The summed E-state index contributed by atoms with van der Waals surface area (Å²) < 4.78 is 16.7. The van der Waals surface area contributed by atoms with Crippen LogP contribution in [0.3, 0.4) is 0 Å². The first kappa shape index (κ1) is 24.6. The first-order valence-corrected chi connectivity index (χ1v) is 11.0. The highest BCUT2D eigenvalue weighted by atomic mass is 79.9. The van der Waals surface area contributed by atoms with E-state index in [1.807, 2.05) is 0 Å². The average Bonchev–Trinajstić information content (AvgIpc) is 2.80. The minimum atomic E-state index is -0.549. The van der Waals surface area contributed by atoms with Crippen LogP contribution in [0.25, 0.3) is 0 Å². The van der Waals surface area contributed by atoms with Gasteiger partial charge in [-0.3, -0.25) is 4.79 Å². The number of esters is 1. The van der Waals surface area contributed by atoms with Crippen molar-refractivity contribution >= 4 is 57.2 Å². The van der Waals surface area contributed by atoms with Gasteiger partial charge in [-0.25, -0.2) is 10.2 Å². The Morgan fingerprint density at radius 3 is 2.45 bits per heavy atom. The van der Waals surface area contributed by atoms with Crippen LogP contribution in [0.15, 0.2) is 70.2 Å². The summed E-state index contributed by atoms with van der Waals surface area (Å²) in [6.07, 6.45) is 1.36. The van der Waals surface area contributed by atoms with E-state index in [1.54, 1.807) is 61.7 Å². The summed E-state index contributed by atoms with van der Waals surface area (Å²) in [5.41, 5.74) is 3.16. The fraction of sp³-hybridized carbons (Fsp3) is 0.0870. The van der Waals surface area contributed by atoms with Crippen LogP contribution in [0.5, 0.6) is 17.2 Å². The molecule has 0 saturated carbocycles. The minimum absolute atomic E-state index is 0.265. The van der Waals surface area contributed by atoms with Gasteiger partial charge >= 0.3 is 5.97 Å². The Bertz CT molecular complexity index is 1190. The summed E-state index contributed by atoms with van der Waals surface area (Å²) in [5.74, 6) is 0.151. The number of nitrogens with zero attached hydrogens (tertiary/aromatic N) is 1. The third-order valence-corrected chi connectivity index (χ3v) is 5.17. The summed E-state index contributed by atoms with van der Waals surface area (Å²) in [6.45, 7) is -0.309. The van der Waals surface area contributed by atoms with Gasteiger partial charge in [0, 0.05) is 15.1 Å². The zero-order valence-electron chi connectivity index (χ0n) is 17.2. The van der Waals surface area contributed by atoms with E-state index in [0.29, 0.717) is 27.6 Å².